The zero-order valence-electron chi connectivity index (χ0n) is 15.2. The van der Waals surface area contributed by atoms with E-state index in [4.69, 9.17) is 4.74 Å². The molecule has 0 aliphatic carbocycles. The van der Waals surface area contributed by atoms with Crippen molar-refractivity contribution in [2.75, 3.05) is 18.6 Å². The lowest BCUT2D eigenvalue weighted by atomic mass is 10.1. The number of aromatic nitrogens is 4. The zero-order chi connectivity index (χ0) is 19.7. The lowest BCUT2D eigenvalue weighted by molar-refractivity contribution is 0.123. The van der Waals surface area contributed by atoms with Crippen LogP contribution in [0.1, 0.15) is 29.7 Å². The van der Waals surface area contributed by atoms with E-state index >= 15 is 0 Å². The first-order valence-corrected chi connectivity index (χ1v) is 9.75. The normalized spacial score (nSPS) is 17.1. The maximum atomic E-state index is 13.2. The molecule has 148 valence electrons. The van der Waals surface area contributed by atoms with Gasteiger partial charge in [-0.1, -0.05) is 23.5 Å². The van der Waals surface area contributed by atoms with Gasteiger partial charge in [0, 0.05) is 13.7 Å². The molecule has 2 aromatic heterocycles. The number of rotatable bonds is 6. The van der Waals surface area contributed by atoms with Gasteiger partial charge in [0.15, 0.2) is 0 Å². The third-order valence-electron chi connectivity index (χ3n) is 4.73. The van der Waals surface area contributed by atoms with Crippen LogP contribution in [0.25, 0.3) is 10.9 Å². The molecule has 7 nitrogen and oxygen atoms in total. The number of methoxy groups -OCH3 is 1. The monoisotopic (exact) mass is 407 g/mol. The van der Waals surface area contributed by atoms with Gasteiger partial charge < -0.3 is 9.64 Å². The second kappa shape index (κ2) is 7.88. The summed E-state index contributed by atoms with van der Waals surface area (Å²) in [6, 6.07) is 6.53. The average molecular weight is 407 g/mol. The van der Waals surface area contributed by atoms with Gasteiger partial charge >= 0.3 is 0 Å². The number of fused-ring (bicyclic) bond motifs is 1. The number of alkyl halides is 2. The Labute approximate surface area is 163 Å². The van der Waals surface area contributed by atoms with Gasteiger partial charge in [-0.25, -0.2) is 13.8 Å². The zero-order valence-corrected chi connectivity index (χ0v) is 16.0. The number of anilines is 1. The van der Waals surface area contributed by atoms with Crippen LogP contribution in [0.15, 0.2) is 29.1 Å². The van der Waals surface area contributed by atoms with Crippen LogP contribution in [0.4, 0.5) is 13.9 Å². The second-order valence-electron chi connectivity index (χ2n) is 6.56. The van der Waals surface area contributed by atoms with Crippen LogP contribution in [-0.2, 0) is 17.9 Å². The molecular weight excluding hydrogens is 388 g/mol. The summed E-state index contributed by atoms with van der Waals surface area (Å²) in [4.78, 5) is 19.5. The minimum Gasteiger partial charge on any atom is -0.377 e. The van der Waals surface area contributed by atoms with E-state index < -0.39 is 18.5 Å². The third-order valence-corrected chi connectivity index (χ3v) is 5.67. The Morgan fingerprint density at radius 3 is 2.93 bits per heavy atom. The summed E-state index contributed by atoms with van der Waals surface area (Å²) in [5.74, 6) is 0.352. The van der Waals surface area contributed by atoms with Crippen molar-refractivity contribution in [3.63, 3.8) is 0 Å². The summed E-state index contributed by atoms with van der Waals surface area (Å²) in [6.45, 7) is 0.380. The summed E-state index contributed by atoms with van der Waals surface area (Å²) in [6.07, 6.45) is -1.10. The predicted octanol–water partition coefficient (Wildman–Crippen LogP) is 3.00. The van der Waals surface area contributed by atoms with E-state index in [1.165, 1.54) is 11.3 Å². The fourth-order valence-corrected chi connectivity index (χ4v) is 4.45. The van der Waals surface area contributed by atoms with Gasteiger partial charge in [-0.2, -0.15) is 0 Å². The molecule has 28 heavy (non-hydrogen) atoms. The fourth-order valence-electron chi connectivity index (χ4n) is 3.56. The summed E-state index contributed by atoms with van der Waals surface area (Å²) >= 11 is 1.40. The molecule has 3 heterocycles. The number of hydrogen-bond acceptors (Lipinski definition) is 7. The first-order valence-electron chi connectivity index (χ1n) is 8.94. The number of ether oxygens (including phenoxy) is 1. The predicted molar refractivity (Wildman–Crippen MR) is 102 cm³/mol. The topological polar surface area (TPSA) is 73.1 Å². The number of benzene rings is 1. The van der Waals surface area contributed by atoms with Gasteiger partial charge in [-0.15, -0.1) is 10.2 Å². The van der Waals surface area contributed by atoms with Crippen LogP contribution in [0, 0.1) is 0 Å². The summed E-state index contributed by atoms with van der Waals surface area (Å²) in [7, 11) is 1.59. The largest absolute Gasteiger partial charge is 0.377 e. The number of hydrogen-bond donors (Lipinski definition) is 0. The van der Waals surface area contributed by atoms with Gasteiger partial charge in [0.05, 0.1) is 23.5 Å². The van der Waals surface area contributed by atoms with E-state index in [1.807, 2.05) is 4.90 Å². The molecule has 4 rings (SSSR count). The maximum Gasteiger partial charge on any atom is 0.261 e. The molecule has 3 aromatic rings. The van der Waals surface area contributed by atoms with Crippen molar-refractivity contribution in [2.24, 2.45) is 0 Å². The summed E-state index contributed by atoms with van der Waals surface area (Å²) in [5, 5.41) is 10.1. The van der Waals surface area contributed by atoms with Gasteiger partial charge in [-0.3, -0.25) is 9.36 Å². The molecule has 0 saturated carbocycles. The van der Waals surface area contributed by atoms with E-state index in [-0.39, 0.29) is 6.04 Å². The number of para-hydroxylation sites is 1. The first-order chi connectivity index (χ1) is 13.6. The summed E-state index contributed by atoms with van der Waals surface area (Å²) < 4.78 is 32.7. The van der Waals surface area contributed by atoms with Crippen molar-refractivity contribution in [1.29, 1.82) is 0 Å². The number of nitrogens with zero attached hydrogens (tertiary/aromatic N) is 5. The van der Waals surface area contributed by atoms with Crippen LogP contribution < -0.4 is 10.5 Å². The van der Waals surface area contributed by atoms with Crippen molar-refractivity contribution < 1.29 is 13.5 Å². The molecule has 0 N–H and O–H groups in total. The molecule has 1 atom stereocenters. The molecule has 1 aliphatic rings. The SMILES string of the molecule is COCc1nnc(N2CCCC2c2nc3ccccc3c(=O)n2CC(F)F)s1. The van der Waals surface area contributed by atoms with Crippen molar-refractivity contribution in [1.82, 2.24) is 19.7 Å². The van der Waals surface area contributed by atoms with Crippen LogP contribution in [0.2, 0.25) is 0 Å². The quantitative estimate of drug-likeness (QED) is 0.626. The smallest absolute Gasteiger partial charge is 0.261 e. The molecule has 10 heteroatoms. The molecule has 1 fully saturated rings. The van der Waals surface area contributed by atoms with Crippen molar-refractivity contribution in [2.45, 2.75) is 38.5 Å². The Kier molecular flexibility index (Phi) is 5.31. The van der Waals surface area contributed by atoms with E-state index in [9.17, 15) is 13.6 Å². The maximum absolute atomic E-state index is 13.2. The van der Waals surface area contributed by atoms with E-state index in [0.29, 0.717) is 41.4 Å². The molecule has 0 spiro atoms. The van der Waals surface area contributed by atoms with Crippen LogP contribution in [-0.4, -0.2) is 39.8 Å². The van der Waals surface area contributed by atoms with Gasteiger partial charge in [0.1, 0.15) is 17.4 Å². The summed E-state index contributed by atoms with van der Waals surface area (Å²) in [5.41, 5.74) is 0.0716. The molecule has 1 aromatic carbocycles. The van der Waals surface area contributed by atoms with Crippen molar-refractivity contribution in [3.05, 3.63) is 45.5 Å². The second-order valence-corrected chi connectivity index (χ2v) is 7.60. The Bertz CT molecular complexity index is 1040. The van der Waals surface area contributed by atoms with Crippen molar-refractivity contribution >= 4 is 27.4 Å². The number of halogens is 2. The van der Waals surface area contributed by atoms with E-state index in [0.717, 1.165) is 16.0 Å². The highest BCUT2D eigenvalue weighted by Gasteiger charge is 2.33. The molecule has 0 radical (unpaired) electrons. The minimum absolute atomic E-state index is 0.306. The fraction of sp³-hybridized carbons (Fsp3) is 0.444. The molecule has 1 aliphatic heterocycles. The van der Waals surface area contributed by atoms with Crippen molar-refractivity contribution in [3.8, 4) is 0 Å². The molecule has 1 saturated heterocycles. The van der Waals surface area contributed by atoms with E-state index in [2.05, 4.69) is 15.2 Å². The third kappa shape index (κ3) is 3.49. The standard InChI is InChI=1S/C18H19F2N5O2S/c1-27-10-15-22-23-18(28-15)24-8-4-7-13(24)16-21-12-6-3-2-5-11(12)17(26)25(16)9-14(19)20/h2-3,5-6,13-14H,4,7-10H2,1H3. The molecule has 1 unspecified atom stereocenters. The molecular formula is C18H19F2N5O2S. The lowest BCUT2D eigenvalue weighted by Crippen LogP contribution is -2.33. The Hall–Kier alpha value is -2.46. The van der Waals surface area contributed by atoms with E-state index in [1.54, 1.807) is 31.4 Å². The molecule has 0 bridgehead atoms. The highest BCUT2D eigenvalue weighted by atomic mass is 32.1. The highest BCUT2D eigenvalue weighted by molar-refractivity contribution is 7.15. The van der Waals surface area contributed by atoms with Gasteiger partial charge in [0.2, 0.25) is 5.13 Å². The minimum atomic E-state index is -2.65. The van der Waals surface area contributed by atoms with Gasteiger partial charge in [-0.05, 0) is 25.0 Å². The Morgan fingerprint density at radius 2 is 2.14 bits per heavy atom. The lowest BCUT2D eigenvalue weighted by Gasteiger charge is -2.25. The molecule has 0 amide bonds. The van der Waals surface area contributed by atoms with Crippen LogP contribution in [0.5, 0.6) is 0 Å². The Morgan fingerprint density at radius 1 is 1.32 bits per heavy atom. The average Bonchev–Trinajstić information content (AvgIpc) is 3.33. The Balaban J connectivity index is 1.80. The van der Waals surface area contributed by atoms with Crippen LogP contribution in [0.3, 0.4) is 0 Å². The highest BCUT2D eigenvalue weighted by Crippen LogP contribution is 2.37. The first kappa shape index (κ1) is 18.9. The van der Waals surface area contributed by atoms with Gasteiger partial charge in [0.25, 0.3) is 12.0 Å². The van der Waals surface area contributed by atoms with Crippen LogP contribution >= 0.6 is 11.3 Å².